The van der Waals surface area contributed by atoms with Crippen LogP contribution in [0.15, 0.2) is 0 Å². The average molecular weight is 238 g/mol. The number of nitrogens with zero attached hydrogens (tertiary/aromatic N) is 1. The molecule has 0 radical (unpaired) electrons. The van der Waals surface area contributed by atoms with E-state index in [4.69, 9.17) is 23.2 Å². The molecule has 0 fully saturated rings. The van der Waals surface area contributed by atoms with Gasteiger partial charge in [0.05, 0.1) is 6.54 Å². The highest BCUT2D eigenvalue weighted by Crippen LogP contribution is 1.97. The molecule has 0 rings (SSSR count). The molecule has 4 heteroatoms. The highest BCUT2D eigenvalue weighted by Gasteiger charge is 2.06. The summed E-state index contributed by atoms with van der Waals surface area (Å²) >= 11 is 11.2. The van der Waals surface area contributed by atoms with Gasteiger partial charge in [0.15, 0.2) is 0 Å². The molecule has 0 aromatic rings. The molecular formula is C10H17Cl2NO. The van der Waals surface area contributed by atoms with E-state index in [0.717, 1.165) is 13.1 Å². The molecule has 0 aliphatic heterocycles. The van der Waals surface area contributed by atoms with Gasteiger partial charge in [-0.25, -0.2) is 0 Å². The first-order valence-corrected chi connectivity index (χ1v) is 5.63. The van der Waals surface area contributed by atoms with Gasteiger partial charge in [0.1, 0.15) is 5.60 Å². The van der Waals surface area contributed by atoms with Crippen LogP contribution in [0.3, 0.4) is 0 Å². The first-order valence-electron chi connectivity index (χ1n) is 4.56. The third-order valence-electron chi connectivity index (χ3n) is 1.50. The van der Waals surface area contributed by atoms with Gasteiger partial charge < -0.3 is 5.11 Å². The monoisotopic (exact) mass is 237 g/mol. The number of alkyl halides is 2. The molecule has 82 valence electrons. The number of aliphatic hydroxyl groups is 1. The van der Waals surface area contributed by atoms with Gasteiger partial charge in [-0.15, -0.1) is 23.2 Å². The minimum absolute atomic E-state index is 0.571. The highest BCUT2D eigenvalue weighted by atomic mass is 35.5. The maximum absolute atomic E-state index is 9.35. The van der Waals surface area contributed by atoms with Crippen LogP contribution in [-0.4, -0.2) is 47.0 Å². The molecule has 14 heavy (non-hydrogen) atoms. The lowest BCUT2D eigenvalue weighted by Crippen LogP contribution is -2.28. The van der Waals surface area contributed by atoms with E-state index in [0.29, 0.717) is 18.3 Å². The predicted molar refractivity (Wildman–Crippen MR) is 62.0 cm³/mol. The Morgan fingerprint density at radius 2 is 1.71 bits per heavy atom. The molecule has 0 saturated carbocycles. The summed E-state index contributed by atoms with van der Waals surface area (Å²) in [7, 11) is 0. The second-order valence-electron chi connectivity index (χ2n) is 3.51. The van der Waals surface area contributed by atoms with Gasteiger partial charge in [0.2, 0.25) is 0 Å². The highest BCUT2D eigenvalue weighted by molar-refractivity contribution is 6.18. The van der Waals surface area contributed by atoms with E-state index in [1.54, 1.807) is 13.8 Å². The van der Waals surface area contributed by atoms with Crippen molar-refractivity contribution in [3.63, 3.8) is 0 Å². The maximum Gasteiger partial charge on any atom is 0.120 e. The zero-order valence-corrected chi connectivity index (χ0v) is 10.2. The molecule has 0 spiro atoms. The van der Waals surface area contributed by atoms with Crippen LogP contribution >= 0.6 is 23.2 Å². The predicted octanol–water partition coefficient (Wildman–Crippen LogP) is 1.54. The van der Waals surface area contributed by atoms with Crippen molar-refractivity contribution in [2.75, 3.05) is 31.4 Å². The summed E-state index contributed by atoms with van der Waals surface area (Å²) in [6, 6.07) is 0. The average Bonchev–Trinajstić information content (AvgIpc) is 2.02. The Bertz CT molecular complexity index is 196. The fourth-order valence-corrected chi connectivity index (χ4v) is 1.35. The van der Waals surface area contributed by atoms with E-state index >= 15 is 0 Å². The summed E-state index contributed by atoms with van der Waals surface area (Å²) in [5, 5.41) is 9.35. The van der Waals surface area contributed by atoms with Crippen molar-refractivity contribution in [1.82, 2.24) is 4.90 Å². The standard InChI is InChI=1S/C10H17Cl2NO/c1-10(2,14)4-3-7-13(8-5-11)9-6-12/h14H,5-9H2,1-2H3. The van der Waals surface area contributed by atoms with Crippen molar-refractivity contribution in [1.29, 1.82) is 0 Å². The van der Waals surface area contributed by atoms with Crippen molar-refractivity contribution in [3.8, 4) is 11.8 Å². The minimum atomic E-state index is -0.923. The van der Waals surface area contributed by atoms with Crippen molar-refractivity contribution in [2.45, 2.75) is 19.4 Å². The van der Waals surface area contributed by atoms with Crippen molar-refractivity contribution >= 4 is 23.2 Å². The topological polar surface area (TPSA) is 23.5 Å². The summed E-state index contributed by atoms with van der Waals surface area (Å²) in [6.45, 7) is 5.47. The Balaban J connectivity index is 3.95. The maximum atomic E-state index is 9.35. The van der Waals surface area contributed by atoms with Crippen LogP contribution in [0.25, 0.3) is 0 Å². The molecule has 0 aromatic heterocycles. The summed E-state index contributed by atoms with van der Waals surface area (Å²) in [6.07, 6.45) is 0. The molecule has 0 atom stereocenters. The van der Waals surface area contributed by atoms with Gasteiger partial charge in [0.25, 0.3) is 0 Å². The Hall–Kier alpha value is 0.0600. The van der Waals surface area contributed by atoms with Crippen LogP contribution in [0.5, 0.6) is 0 Å². The van der Waals surface area contributed by atoms with Crippen LogP contribution in [0.4, 0.5) is 0 Å². The third kappa shape index (κ3) is 8.65. The van der Waals surface area contributed by atoms with E-state index in [1.807, 2.05) is 0 Å². The van der Waals surface area contributed by atoms with Crippen LogP contribution in [-0.2, 0) is 0 Å². The Labute approximate surface area is 96.2 Å². The molecule has 0 bridgehead atoms. The van der Waals surface area contributed by atoms with Crippen LogP contribution in [0.2, 0.25) is 0 Å². The largest absolute Gasteiger partial charge is 0.378 e. The lowest BCUT2D eigenvalue weighted by Gasteiger charge is -2.16. The van der Waals surface area contributed by atoms with E-state index in [2.05, 4.69) is 16.7 Å². The van der Waals surface area contributed by atoms with Crippen LogP contribution in [0.1, 0.15) is 13.8 Å². The van der Waals surface area contributed by atoms with E-state index in [-0.39, 0.29) is 0 Å². The van der Waals surface area contributed by atoms with Crippen LogP contribution in [0, 0.1) is 11.8 Å². The lowest BCUT2D eigenvalue weighted by atomic mass is 10.1. The molecular weight excluding hydrogens is 221 g/mol. The summed E-state index contributed by atoms with van der Waals surface area (Å²) in [5.41, 5.74) is -0.923. The Morgan fingerprint density at radius 3 is 2.07 bits per heavy atom. The molecule has 0 amide bonds. The molecule has 0 unspecified atom stereocenters. The van der Waals surface area contributed by atoms with Gasteiger partial charge >= 0.3 is 0 Å². The number of rotatable bonds is 5. The van der Waals surface area contributed by atoms with Gasteiger partial charge in [-0.1, -0.05) is 11.8 Å². The molecule has 2 nitrogen and oxygen atoms in total. The summed E-state index contributed by atoms with van der Waals surface area (Å²) < 4.78 is 0. The van der Waals surface area contributed by atoms with Gasteiger partial charge in [-0.2, -0.15) is 0 Å². The van der Waals surface area contributed by atoms with Crippen molar-refractivity contribution in [3.05, 3.63) is 0 Å². The van der Waals surface area contributed by atoms with Gasteiger partial charge in [-0.05, 0) is 13.8 Å². The second-order valence-corrected chi connectivity index (χ2v) is 4.27. The molecule has 1 N–H and O–H groups in total. The van der Waals surface area contributed by atoms with Gasteiger partial charge in [0, 0.05) is 24.8 Å². The quantitative estimate of drug-likeness (QED) is 0.580. The molecule has 0 aromatic carbocycles. The Kier molecular flexibility index (Phi) is 7.40. The van der Waals surface area contributed by atoms with E-state index < -0.39 is 5.60 Å². The van der Waals surface area contributed by atoms with Crippen molar-refractivity contribution in [2.24, 2.45) is 0 Å². The zero-order valence-electron chi connectivity index (χ0n) is 8.69. The summed E-state index contributed by atoms with van der Waals surface area (Å²) in [4.78, 5) is 2.05. The number of hydrogen-bond acceptors (Lipinski definition) is 2. The van der Waals surface area contributed by atoms with Crippen molar-refractivity contribution < 1.29 is 5.11 Å². The second kappa shape index (κ2) is 7.36. The Morgan fingerprint density at radius 1 is 1.21 bits per heavy atom. The lowest BCUT2D eigenvalue weighted by molar-refractivity contribution is 0.143. The first-order chi connectivity index (χ1) is 6.49. The van der Waals surface area contributed by atoms with E-state index in [9.17, 15) is 5.11 Å². The summed E-state index contributed by atoms with van der Waals surface area (Å²) in [5.74, 6) is 6.79. The van der Waals surface area contributed by atoms with Crippen LogP contribution < -0.4 is 0 Å². The number of halogens is 2. The molecule has 0 heterocycles. The fourth-order valence-electron chi connectivity index (χ4n) is 0.877. The zero-order chi connectivity index (χ0) is 11.0. The van der Waals surface area contributed by atoms with Gasteiger partial charge in [-0.3, -0.25) is 4.90 Å². The molecule has 0 saturated heterocycles. The SMILES string of the molecule is CC(C)(O)C#CCN(CCCl)CCCl. The van der Waals surface area contributed by atoms with E-state index in [1.165, 1.54) is 0 Å². The first kappa shape index (κ1) is 14.1. The molecule has 0 aliphatic carbocycles. The smallest absolute Gasteiger partial charge is 0.120 e. The number of hydrogen-bond donors (Lipinski definition) is 1. The fraction of sp³-hybridized carbons (Fsp3) is 0.800. The molecule has 0 aliphatic rings. The minimum Gasteiger partial charge on any atom is -0.378 e. The third-order valence-corrected chi connectivity index (χ3v) is 1.84. The normalized spacial score (nSPS) is 11.3.